The normalized spacial score (nSPS) is 24.5. The summed E-state index contributed by atoms with van der Waals surface area (Å²) < 4.78 is 32.7. The lowest BCUT2D eigenvalue weighted by Crippen LogP contribution is -2.34. The lowest BCUT2D eigenvalue weighted by Gasteiger charge is -2.32. The van der Waals surface area contributed by atoms with E-state index in [1.807, 2.05) is 25.3 Å². The van der Waals surface area contributed by atoms with Crippen molar-refractivity contribution in [3.8, 4) is 5.75 Å². The molecule has 2 aromatic rings. The Morgan fingerprint density at radius 2 is 2.17 bits per heavy atom. The molecule has 6 nitrogen and oxygen atoms in total. The Morgan fingerprint density at radius 1 is 1.33 bits per heavy atom. The molecule has 158 valence electrons. The van der Waals surface area contributed by atoms with Gasteiger partial charge in [0.05, 0.1) is 18.7 Å². The summed E-state index contributed by atoms with van der Waals surface area (Å²) in [6, 6.07) is 5.21. The van der Waals surface area contributed by atoms with Crippen LogP contribution in [0.1, 0.15) is 31.4 Å². The average Bonchev–Trinajstić information content (AvgIpc) is 3.35. The maximum absolute atomic E-state index is 15.0. The summed E-state index contributed by atoms with van der Waals surface area (Å²) in [6.45, 7) is 2.39. The van der Waals surface area contributed by atoms with Gasteiger partial charge in [0.2, 0.25) is 0 Å². The maximum atomic E-state index is 15.0. The highest BCUT2D eigenvalue weighted by atomic mass is 19.1. The summed E-state index contributed by atoms with van der Waals surface area (Å²) >= 11 is 0. The molecular formula is C23H26FN3O3. The Balaban J connectivity index is 1.41. The van der Waals surface area contributed by atoms with Crippen molar-refractivity contribution in [2.75, 3.05) is 13.7 Å². The number of aromatic amines is 1. The topological polar surface area (TPSA) is 81.9 Å². The molecule has 2 heterocycles. The van der Waals surface area contributed by atoms with Crippen LogP contribution >= 0.6 is 0 Å². The average molecular weight is 411 g/mol. The largest absolute Gasteiger partial charge is 0.493 e. The third-order valence-corrected chi connectivity index (χ3v) is 6.06. The molecule has 5 rings (SSSR count). The Kier molecular flexibility index (Phi) is 4.58. The summed E-state index contributed by atoms with van der Waals surface area (Å²) in [5, 5.41) is 0.535. The highest BCUT2D eigenvalue weighted by molar-refractivity contribution is 5.82. The minimum Gasteiger partial charge on any atom is -0.493 e. The van der Waals surface area contributed by atoms with Gasteiger partial charge in [0.15, 0.2) is 17.3 Å². The summed E-state index contributed by atoms with van der Waals surface area (Å²) in [4.78, 5) is 7.77. The number of nitrogens with one attached hydrogen (secondary N) is 1. The monoisotopic (exact) mass is 411 g/mol. The lowest BCUT2D eigenvalue weighted by molar-refractivity contribution is 0.144. The van der Waals surface area contributed by atoms with Gasteiger partial charge >= 0.3 is 0 Å². The molecule has 3 aliphatic rings. The highest BCUT2D eigenvalue weighted by Crippen LogP contribution is 2.38. The van der Waals surface area contributed by atoms with Crippen LogP contribution in [0.2, 0.25) is 0 Å². The number of allylic oxidation sites excluding steroid dienone is 1. The third-order valence-electron chi connectivity index (χ3n) is 6.06. The number of fused-ring (bicyclic) bond motifs is 2. The number of halogens is 1. The van der Waals surface area contributed by atoms with Crippen molar-refractivity contribution in [1.82, 2.24) is 4.98 Å². The van der Waals surface area contributed by atoms with Gasteiger partial charge in [0.25, 0.3) is 0 Å². The summed E-state index contributed by atoms with van der Waals surface area (Å²) in [5.41, 5.74) is 8.59. The van der Waals surface area contributed by atoms with Crippen LogP contribution in [-0.4, -0.2) is 42.6 Å². The lowest BCUT2D eigenvalue weighted by atomic mass is 9.89. The molecule has 2 atom stereocenters. The Labute approximate surface area is 174 Å². The van der Waals surface area contributed by atoms with Crippen LogP contribution in [0, 0.1) is 12.7 Å². The first kappa shape index (κ1) is 19.2. The molecule has 0 saturated heterocycles. The molecule has 0 amide bonds. The standard InChI is InChI=1S/C23H26FN3O3/c1-13-9-15-16(27-13)3-4-19(22(15)24)30-18-5-8-26-17-11-21(20(28-2)10-14(17)18)29-12-23(25)6-7-23/h3-4,8-10,17-18,27H,5-7,11-12,25H2,1-2H3. The van der Waals surface area contributed by atoms with Gasteiger partial charge in [-0.15, -0.1) is 0 Å². The van der Waals surface area contributed by atoms with Gasteiger partial charge in [-0.2, -0.15) is 0 Å². The van der Waals surface area contributed by atoms with E-state index in [4.69, 9.17) is 19.9 Å². The first-order valence-electron chi connectivity index (χ1n) is 10.3. The number of nitrogens with two attached hydrogens (primary N) is 1. The van der Waals surface area contributed by atoms with Gasteiger partial charge in [-0.1, -0.05) is 0 Å². The maximum Gasteiger partial charge on any atom is 0.174 e. The van der Waals surface area contributed by atoms with Crippen LogP contribution in [0.15, 0.2) is 46.4 Å². The second-order valence-corrected chi connectivity index (χ2v) is 8.47. The number of hydrogen-bond donors (Lipinski definition) is 2. The van der Waals surface area contributed by atoms with Gasteiger partial charge in [-0.05, 0) is 49.6 Å². The first-order valence-corrected chi connectivity index (χ1v) is 10.3. The number of hydrogen-bond acceptors (Lipinski definition) is 5. The number of ether oxygens (including phenoxy) is 3. The van der Waals surface area contributed by atoms with Crippen molar-refractivity contribution in [3.05, 3.63) is 52.9 Å². The van der Waals surface area contributed by atoms with Crippen molar-refractivity contribution in [1.29, 1.82) is 0 Å². The fourth-order valence-corrected chi connectivity index (χ4v) is 4.08. The first-order chi connectivity index (χ1) is 14.5. The van der Waals surface area contributed by atoms with E-state index in [0.29, 0.717) is 30.6 Å². The zero-order valence-corrected chi connectivity index (χ0v) is 17.2. The second kappa shape index (κ2) is 7.16. The molecule has 1 aromatic carbocycles. The third kappa shape index (κ3) is 3.47. The smallest absolute Gasteiger partial charge is 0.174 e. The molecule has 2 unspecified atom stereocenters. The van der Waals surface area contributed by atoms with Crippen LogP contribution in [-0.2, 0) is 9.47 Å². The van der Waals surface area contributed by atoms with Gasteiger partial charge in [0.1, 0.15) is 18.5 Å². The fourth-order valence-electron chi connectivity index (χ4n) is 4.08. The van der Waals surface area contributed by atoms with Gasteiger partial charge < -0.3 is 24.9 Å². The van der Waals surface area contributed by atoms with E-state index in [9.17, 15) is 0 Å². The Morgan fingerprint density at radius 3 is 2.93 bits per heavy atom. The van der Waals surface area contributed by atoms with E-state index in [1.54, 1.807) is 19.2 Å². The molecule has 7 heteroatoms. The molecule has 0 radical (unpaired) electrons. The number of H-pyrrole nitrogens is 1. The summed E-state index contributed by atoms with van der Waals surface area (Å²) in [5.74, 6) is 1.31. The second-order valence-electron chi connectivity index (χ2n) is 8.47. The number of aryl methyl sites for hydroxylation is 1. The molecule has 0 spiro atoms. The minimum absolute atomic E-state index is 0.105. The van der Waals surface area contributed by atoms with E-state index in [1.165, 1.54) is 0 Å². The van der Waals surface area contributed by atoms with Crippen LogP contribution in [0.25, 0.3) is 10.9 Å². The summed E-state index contributed by atoms with van der Waals surface area (Å²) in [7, 11) is 1.62. The molecule has 2 aliphatic carbocycles. The quantitative estimate of drug-likeness (QED) is 0.755. The van der Waals surface area contributed by atoms with Crippen LogP contribution in [0.4, 0.5) is 4.39 Å². The SMILES string of the molecule is COC1=C(OCC2(N)CC2)CC2N=CCC(Oc3ccc4[nH]c(C)cc4c3F)C2=C1. The van der Waals surface area contributed by atoms with Crippen LogP contribution in [0.3, 0.4) is 0 Å². The molecule has 3 N–H and O–H groups in total. The molecular weight excluding hydrogens is 385 g/mol. The van der Waals surface area contributed by atoms with Crippen molar-refractivity contribution in [2.45, 2.75) is 50.3 Å². The Hall–Kier alpha value is -2.80. The number of nitrogens with zero attached hydrogens (tertiary/aromatic N) is 1. The van der Waals surface area contributed by atoms with E-state index >= 15 is 4.39 Å². The van der Waals surface area contributed by atoms with Gasteiger partial charge in [-0.25, -0.2) is 4.39 Å². The molecule has 1 aliphatic heterocycles. The fraction of sp³-hybridized carbons (Fsp3) is 0.435. The number of rotatable bonds is 6. The summed E-state index contributed by atoms with van der Waals surface area (Å²) in [6.07, 6.45) is 6.60. The van der Waals surface area contributed by atoms with Gasteiger partial charge in [-0.3, -0.25) is 4.99 Å². The zero-order valence-electron chi connectivity index (χ0n) is 17.2. The molecule has 1 fully saturated rings. The Bertz CT molecular complexity index is 1080. The molecule has 30 heavy (non-hydrogen) atoms. The number of aliphatic imine (C=N–C) groups is 1. The zero-order chi connectivity index (χ0) is 20.9. The number of aromatic nitrogens is 1. The highest BCUT2D eigenvalue weighted by Gasteiger charge is 2.40. The predicted molar refractivity (Wildman–Crippen MR) is 113 cm³/mol. The van der Waals surface area contributed by atoms with Gasteiger partial charge in [0, 0.05) is 35.7 Å². The van der Waals surface area contributed by atoms with E-state index in [0.717, 1.165) is 35.4 Å². The molecule has 1 saturated carbocycles. The van der Waals surface area contributed by atoms with Crippen LogP contribution < -0.4 is 10.5 Å². The number of methoxy groups -OCH3 is 1. The number of benzene rings is 1. The van der Waals surface area contributed by atoms with Crippen molar-refractivity contribution >= 4 is 17.1 Å². The van der Waals surface area contributed by atoms with E-state index in [-0.39, 0.29) is 29.3 Å². The van der Waals surface area contributed by atoms with Crippen molar-refractivity contribution < 1.29 is 18.6 Å². The predicted octanol–water partition coefficient (Wildman–Crippen LogP) is 3.90. The van der Waals surface area contributed by atoms with Crippen molar-refractivity contribution in [3.63, 3.8) is 0 Å². The molecule has 0 bridgehead atoms. The van der Waals surface area contributed by atoms with Crippen molar-refractivity contribution in [2.24, 2.45) is 10.7 Å². The van der Waals surface area contributed by atoms with E-state index in [2.05, 4.69) is 9.98 Å². The minimum atomic E-state index is -0.350. The van der Waals surface area contributed by atoms with Crippen LogP contribution in [0.5, 0.6) is 5.75 Å². The van der Waals surface area contributed by atoms with E-state index < -0.39 is 0 Å². The molecule has 1 aromatic heterocycles.